The maximum atomic E-state index is 12.8. The summed E-state index contributed by atoms with van der Waals surface area (Å²) in [5, 5.41) is 6.88. The number of aromatic nitrogens is 3. The molecule has 0 aliphatic heterocycles. The van der Waals surface area contributed by atoms with Gasteiger partial charge in [-0.3, -0.25) is 4.79 Å². The Morgan fingerprint density at radius 2 is 2.00 bits per heavy atom. The molecule has 8 nitrogen and oxygen atoms in total. The van der Waals surface area contributed by atoms with Gasteiger partial charge in [0.15, 0.2) is 0 Å². The summed E-state index contributed by atoms with van der Waals surface area (Å²) in [5.41, 5.74) is 1.22. The molecule has 2 heterocycles. The zero-order chi connectivity index (χ0) is 20.3. The fourth-order valence-corrected chi connectivity index (χ4v) is 3.20. The Morgan fingerprint density at radius 3 is 2.62 bits per heavy atom. The first-order chi connectivity index (χ1) is 14.1. The van der Waals surface area contributed by atoms with Crippen molar-refractivity contribution in [3.63, 3.8) is 0 Å². The Kier molecular flexibility index (Phi) is 5.16. The molecule has 1 aliphatic carbocycles. The van der Waals surface area contributed by atoms with Gasteiger partial charge in [-0.25, -0.2) is 4.98 Å². The second-order valence-electron chi connectivity index (χ2n) is 6.82. The molecule has 0 radical (unpaired) electrons. The molecule has 29 heavy (non-hydrogen) atoms. The minimum absolute atomic E-state index is 0.0369. The lowest BCUT2D eigenvalue weighted by atomic mass is 9.95. The summed E-state index contributed by atoms with van der Waals surface area (Å²) in [4.78, 5) is 21.3. The highest BCUT2D eigenvalue weighted by atomic mass is 16.5. The van der Waals surface area contributed by atoms with Crippen LogP contribution < -0.4 is 14.8 Å². The Morgan fingerprint density at radius 1 is 1.21 bits per heavy atom. The molecule has 4 rings (SSSR count). The van der Waals surface area contributed by atoms with Crippen LogP contribution in [-0.2, 0) is 16.8 Å². The van der Waals surface area contributed by atoms with Crippen molar-refractivity contribution in [1.29, 1.82) is 0 Å². The van der Waals surface area contributed by atoms with Crippen LogP contribution in [0.4, 0.5) is 0 Å². The number of methoxy groups -OCH3 is 1. The van der Waals surface area contributed by atoms with Crippen LogP contribution in [0.1, 0.15) is 31.2 Å². The Labute approximate surface area is 168 Å². The quantitative estimate of drug-likeness (QED) is 0.627. The van der Waals surface area contributed by atoms with Gasteiger partial charge >= 0.3 is 0 Å². The van der Waals surface area contributed by atoms with Crippen molar-refractivity contribution in [3.8, 4) is 23.0 Å². The van der Waals surface area contributed by atoms with Crippen LogP contribution in [0.5, 0.6) is 11.6 Å². The van der Waals surface area contributed by atoms with Crippen molar-refractivity contribution in [3.05, 3.63) is 54.0 Å². The van der Waals surface area contributed by atoms with Crippen LogP contribution in [0, 0.1) is 0 Å². The molecule has 0 saturated heterocycles. The molecular formula is C21H22N4O4. The number of carbonyl (C=O) groups excluding carboxylic acids is 1. The number of ether oxygens (including phenoxy) is 2. The lowest BCUT2D eigenvalue weighted by Crippen LogP contribution is -2.34. The maximum absolute atomic E-state index is 12.8. The van der Waals surface area contributed by atoms with Crippen LogP contribution in [0.3, 0.4) is 0 Å². The van der Waals surface area contributed by atoms with Crippen LogP contribution in [-0.4, -0.2) is 34.7 Å². The van der Waals surface area contributed by atoms with Gasteiger partial charge in [0, 0.05) is 17.8 Å². The highest BCUT2D eigenvalue weighted by molar-refractivity contribution is 5.91. The number of nitrogens with one attached hydrogen (secondary N) is 1. The zero-order valence-corrected chi connectivity index (χ0v) is 16.3. The van der Waals surface area contributed by atoms with E-state index < -0.39 is 5.41 Å². The van der Waals surface area contributed by atoms with Crippen molar-refractivity contribution in [1.82, 2.24) is 20.4 Å². The van der Waals surface area contributed by atoms with Gasteiger partial charge < -0.3 is 19.3 Å². The van der Waals surface area contributed by atoms with E-state index in [0.29, 0.717) is 29.8 Å². The molecular weight excluding hydrogens is 372 g/mol. The first-order valence-corrected chi connectivity index (χ1v) is 9.49. The summed E-state index contributed by atoms with van der Waals surface area (Å²) in [7, 11) is 1.62. The average molecular weight is 394 g/mol. The van der Waals surface area contributed by atoms with Crippen LogP contribution >= 0.6 is 0 Å². The second kappa shape index (κ2) is 7.90. The molecule has 1 saturated carbocycles. The minimum Gasteiger partial charge on any atom is -0.497 e. The van der Waals surface area contributed by atoms with Gasteiger partial charge in [-0.05, 0) is 43.5 Å². The van der Waals surface area contributed by atoms with Gasteiger partial charge in [-0.2, -0.15) is 4.98 Å². The number of hydrogen-bond acceptors (Lipinski definition) is 7. The highest BCUT2D eigenvalue weighted by Crippen LogP contribution is 2.48. The summed E-state index contributed by atoms with van der Waals surface area (Å²) in [6, 6.07) is 11.2. The monoisotopic (exact) mass is 394 g/mol. The third kappa shape index (κ3) is 3.91. The van der Waals surface area contributed by atoms with Gasteiger partial charge in [0.05, 0.1) is 25.7 Å². The third-order valence-electron chi connectivity index (χ3n) is 4.98. The molecule has 8 heteroatoms. The zero-order valence-electron chi connectivity index (χ0n) is 16.3. The molecule has 3 aromatic rings. The molecule has 1 aliphatic rings. The van der Waals surface area contributed by atoms with E-state index in [1.54, 1.807) is 19.4 Å². The number of pyridine rings is 1. The van der Waals surface area contributed by atoms with Gasteiger partial charge in [-0.1, -0.05) is 17.3 Å². The second-order valence-corrected chi connectivity index (χ2v) is 6.82. The van der Waals surface area contributed by atoms with E-state index in [-0.39, 0.29) is 12.5 Å². The largest absolute Gasteiger partial charge is 0.497 e. The smallest absolute Gasteiger partial charge is 0.246 e. The van der Waals surface area contributed by atoms with E-state index in [2.05, 4.69) is 20.4 Å². The van der Waals surface area contributed by atoms with E-state index in [4.69, 9.17) is 14.0 Å². The SMILES string of the molecule is CCOc1ccc(-c2noc(CNC(=O)C3(c4ccc(OC)cc4)CC3)n2)cn1. The maximum Gasteiger partial charge on any atom is 0.246 e. The molecule has 1 amide bonds. The fraction of sp³-hybridized carbons (Fsp3) is 0.333. The van der Waals surface area contributed by atoms with Crippen molar-refractivity contribution >= 4 is 5.91 Å². The van der Waals surface area contributed by atoms with Crippen LogP contribution in [0.15, 0.2) is 47.1 Å². The van der Waals surface area contributed by atoms with Gasteiger partial charge in [0.2, 0.25) is 23.5 Å². The lowest BCUT2D eigenvalue weighted by molar-refractivity contribution is -0.123. The predicted molar refractivity (Wildman–Crippen MR) is 104 cm³/mol. The Hall–Kier alpha value is -3.42. The van der Waals surface area contributed by atoms with Crippen LogP contribution in [0.2, 0.25) is 0 Å². The Bertz CT molecular complexity index is 979. The van der Waals surface area contributed by atoms with E-state index in [1.165, 1.54) is 0 Å². The van der Waals surface area contributed by atoms with E-state index >= 15 is 0 Å². The summed E-state index contributed by atoms with van der Waals surface area (Å²) >= 11 is 0. The number of amides is 1. The molecule has 0 atom stereocenters. The highest BCUT2D eigenvalue weighted by Gasteiger charge is 2.51. The summed E-state index contributed by atoms with van der Waals surface area (Å²) in [6.45, 7) is 2.63. The number of nitrogens with zero attached hydrogens (tertiary/aromatic N) is 3. The number of carbonyl (C=O) groups is 1. The topological polar surface area (TPSA) is 99.4 Å². The van der Waals surface area contributed by atoms with Crippen molar-refractivity contribution in [2.75, 3.05) is 13.7 Å². The standard InChI is InChI=1S/C21H22N4O4/c1-3-28-17-9-4-14(12-22-17)19-24-18(29-25-19)13-23-20(26)21(10-11-21)15-5-7-16(27-2)8-6-15/h4-9,12H,3,10-11,13H2,1-2H3,(H,23,26). The number of benzene rings is 1. The number of hydrogen-bond donors (Lipinski definition) is 1. The Balaban J connectivity index is 1.38. The minimum atomic E-state index is -0.478. The molecule has 150 valence electrons. The lowest BCUT2D eigenvalue weighted by Gasteiger charge is -2.15. The van der Waals surface area contributed by atoms with Gasteiger partial charge in [-0.15, -0.1) is 0 Å². The molecule has 0 unspecified atom stereocenters. The van der Waals surface area contributed by atoms with Crippen molar-refractivity contribution < 1.29 is 18.8 Å². The molecule has 2 aromatic heterocycles. The third-order valence-corrected chi connectivity index (χ3v) is 4.98. The van der Waals surface area contributed by atoms with Gasteiger partial charge in [0.1, 0.15) is 5.75 Å². The summed E-state index contributed by atoms with van der Waals surface area (Å²) in [6.07, 6.45) is 3.26. The molecule has 1 fully saturated rings. The van der Waals surface area contributed by atoms with E-state index in [9.17, 15) is 4.79 Å². The average Bonchev–Trinajstić information content (AvgIpc) is 3.44. The van der Waals surface area contributed by atoms with Gasteiger partial charge in [0.25, 0.3) is 0 Å². The first kappa shape index (κ1) is 18.9. The van der Waals surface area contributed by atoms with Crippen LogP contribution in [0.25, 0.3) is 11.4 Å². The number of rotatable bonds is 8. The fourth-order valence-electron chi connectivity index (χ4n) is 3.20. The molecule has 0 spiro atoms. The van der Waals surface area contributed by atoms with E-state index in [1.807, 2.05) is 37.3 Å². The first-order valence-electron chi connectivity index (χ1n) is 9.49. The van der Waals surface area contributed by atoms with Crippen molar-refractivity contribution in [2.24, 2.45) is 0 Å². The van der Waals surface area contributed by atoms with E-state index in [0.717, 1.165) is 24.2 Å². The molecule has 1 N–H and O–H groups in total. The molecule has 1 aromatic carbocycles. The van der Waals surface area contributed by atoms with Crippen molar-refractivity contribution in [2.45, 2.75) is 31.7 Å². The molecule has 0 bridgehead atoms. The summed E-state index contributed by atoms with van der Waals surface area (Å²) < 4.78 is 15.8. The normalized spacial score (nSPS) is 14.3. The summed E-state index contributed by atoms with van der Waals surface area (Å²) in [5.74, 6) is 2.03. The predicted octanol–water partition coefficient (Wildman–Crippen LogP) is 2.89.